The number of hydrogen-bond donors (Lipinski definition) is 1. The highest BCUT2D eigenvalue weighted by atomic mass is 35.5. The Balaban J connectivity index is 1.62. The number of nitrogens with one attached hydrogen (secondary N) is 1. The van der Waals surface area contributed by atoms with E-state index >= 15 is 0 Å². The monoisotopic (exact) mass is 421 g/mol. The third-order valence-corrected chi connectivity index (χ3v) is 5.92. The fraction of sp³-hybridized carbons (Fsp3) is 0.350. The van der Waals surface area contributed by atoms with Crippen molar-refractivity contribution >= 4 is 40.6 Å². The van der Waals surface area contributed by atoms with Gasteiger partial charge in [-0.1, -0.05) is 11.6 Å². The average Bonchev–Trinajstić information content (AvgIpc) is 3.31. The van der Waals surface area contributed by atoms with Gasteiger partial charge in [0.2, 0.25) is 5.91 Å². The maximum atomic E-state index is 11.8. The van der Waals surface area contributed by atoms with Crippen LogP contribution < -0.4 is 10.1 Å². The molecule has 1 amide bonds. The first-order valence-corrected chi connectivity index (χ1v) is 10.0. The summed E-state index contributed by atoms with van der Waals surface area (Å²) in [6.07, 6.45) is 0.520. The van der Waals surface area contributed by atoms with Crippen LogP contribution in [-0.4, -0.2) is 37.4 Å². The van der Waals surface area contributed by atoms with Gasteiger partial charge in [0.05, 0.1) is 30.0 Å². The first-order chi connectivity index (χ1) is 13.4. The molecule has 1 aliphatic heterocycles. The van der Waals surface area contributed by atoms with Crippen LogP contribution in [0.2, 0.25) is 5.02 Å². The summed E-state index contributed by atoms with van der Waals surface area (Å²) in [6, 6.07) is 7.56. The summed E-state index contributed by atoms with van der Waals surface area (Å²) in [6.45, 7) is 1.87. The van der Waals surface area contributed by atoms with Crippen molar-refractivity contribution in [3.63, 3.8) is 0 Å². The second kappa shape index (κ2) is 8.75. The number of carbonyl (C=O) groups is 3. The number of halogens is 1. The Labute approximate surface area is 171 Å². The van der Waals surface area contributed by atoms with E-state index < -0.39 is 5.97 Å². The molecule has 2 aromatic rings. The summed E-state index contributed by atoms with van der Waals surface area (Å²) < 4.78 is 10.4. The third-order valence-electron chi connectivity index (χ3n) is 4.40. The van der Waals surface area contributed by atoms with E-state index in [4.69, 9.17) is 16.3 Å². The zero-order valence-electron chi connectivity index (χ0n) is 15.5. The van der Waals surface area contributed by atoms with Gasteiger partial charge in [-0.2, -0.15) is 0 Å². The predicted octanol–water partition coefficient (Wildman–Crippen LogP) is 3.64. The number of carbonyl (C=O) groups excluding carboxylic acids is 3. The average molecular weight is 422 g/mol. The standard InChI is InChI=1S/C20H20ClNO5S/c1-11(23)16-3-4-17(28-16)12-7-13-8-14(27-20(13)15(21)9-12)10-22-18(24)5-6-19(25)26-2/h3-4,7,9,14H,5-6,8,10H2,1-2H3,(H,22,24)/t14-/m1/s1. The molecule has 8 heteroatoms. The van der Waals surface area contributed by atoms with E-state index in [0.29, 0.717) is 28.6 Å². The molecule has 0 saturated heterocycles. The summed E-state index contributed by atoms with van der Waals surface area (Å²) in [5.41, 5.74) is 1.90. The number of ketones is 1. The van der Waals surface area contributed by atoms with Crippen molar-refractivity contribution in [3.05, 3.63) is 39.7 Å². The van der Waals surface area contributed by atoms with E-state index in [1.165, 1.54) is 18.4 Å². The minimum atomic E-state index is -0.416. The molecule has 1 atom stereocenters. The van der Waals surface area contributed by atoms with Gasteiger partial charge in [-0.25, -0.2) is 0 Å². The molecule has 1 aliphatic rings. The second-order valence-electron chi connectivity index (χ2n) is 6.49. The summed E-state index contributed by atoms with van der Waals surface area (Å²) >= 11 is 7.83. The fourth-order valence-electron chi connectivity index (χ4n) is 2.96. The summed E-state index contributed by atoms with van der Waals surface area (Å²) in [7, 11) is 1.29. The van der Waals surface area contributed by atoms with Gasteiger partial charge in [0, 0.05) is 23.3 Å². The Morgan fingerprint density at radius 2 is 2.07 bits per heavy atom. The molecule has 0 saturated carbocycles. The van der Waals surface area contributed by atoms with Crippen LogP contribution in [0.15, 0.2) is 24.3 Å². The number of benzene rings is 1. The number of Topliss-reactive ketones (excluding diaryl/α,β-unsaturated/α-hetero) is 1. The number of hydrogen-bond acceptors (Lipinski definition) is 6. The van der Waals surface area contributed by atoms with Crippen LogP contribution in [-0.2, 0) is 20.7 Å². The molecule has 0 radical (unpaired) electrons. The molecule has 1 N–H and O–H groups in total. The molecule has 1 aromatic carbocycles. The van der Waals surface area contributed by atoms with E-state index in [9.17, 15) is 14.4 Å². The molecule has 148 valence electrons. The zero-order chi connectivity index (χ0) is 20.3. The highest BCUT2D eigenvalue weighted by Crippen LogP contribution is 2.41. The topological polar surface area (TPSA) is 81.7 Å². The van der Waals surface area contributed by atoms with E-state index in [-0.39, 0.29) is 30.6 Å². The molecule has 0 unspecified atom stereocenters. The fourth-order valence-corrected chi connectivity index (χ4v) is 4.13. The number of amides is 1. The van der Waals surface area contributed by atoms with Gasteiger partial charge in [-0.05, 0) is 36.8 Å². The SMILES string of the molecule is COC(=O)CCC(=O)NC[C@H]1Cc2cc(-c3ccc(C(C)=O)s3)cc(Cl)c2O1. The van der Waals surface area contributed by atoms with Crippen molar-refractivity contribution in [3.8, 4) is 16.2 Å². The van der Waals surface area contributed by atoms with Gasteiger partial charge >= 0.3 is 5.97 Å². The maximum absolute atomic E-state index is 11.8. The van der Waals surface area contributed by atoms with Gasteiger partial charge in [-0.15, -0.1) is 11.3 Å². The van der Waals surface area contributed by atoms with Crippen molar-refractivity contribution in [2.24, 2.45) is 0 Å². The van der Waals surface area contributed by atoms with Crippen LogP contribution in [0.25, 0.3) is 10.4 Å². The van der Waals surface area contributed by atoms with Crippen LogP contribution in [0.3, 0.4) is 0 Å². The number of ether oxygens (including phenoxy) is 2. The van der Waals surface area contributed by atoms with Crippen LogP contribution in [0, 0.1) is 0 Å². The lowest BCUT2D eigenvalue weighted by molar-refractivity contribution is -0.142. The molecule has 28 heavy (non-hydrogen) atoms. The zero-order valence-corrected chi connectivity index (χ0v) is 17.1. The lowest BCUT2D eigenvalue weighted by Gasteiger charge is -2.12. The number of methoxy groups -OCH3 is 1. The van der Waals surface area contributed by atoms with Gasteiger partial charge in [-0.3, -0.25) is 14.4 Å². The highest BCUT2D eigenvalue weighted by Gasteiger charge is 2.26. The smallest absolute Gasteiger partial charge is 0.306 e. The van der Waals surface area contributed by atoms with Crippen molar-refractivity contribution in [1.82, 2.24) is 5.32 Å². The van der Waals surface area contributed by atoms with E-state index in [0.717, 1.165) is 16.0 Å². The van der Waals surface area contributed by atoms with Crippen molar-refractivity contribution in [1.29, 1.82) is 0 Å². The Hall–Kier alpha value is -2.38. The Kier molecular flexibility index (Phi) is 6.36. The normalized spacial score (nSPS) is 14.9. The minimum Gasteiger partial charge on any atom is -0.486 e. The van der Waals surface area contributed by atoms with Crippen molar-refractivity contribution in [2.45, 2.75) is 32.3 Å². The lowest BCUT2D eigenvalue weighted by Crippen LogP contribution is -2.34. The molecule has 0 bridgehead atoms. The molecule has 1 aromatic heterocycles. The van der Waals surface area contributed by atoms with Gasteiger partial charge in [0.1, 0.15) is 11.9 Å². The van der Waals surface area contributed by atoms with Crippen LogP contribution in [0.1, 0.15) is 35.0 Å². The Morgan fingerprint density at radius 1 is 1.29 bits per heavy atom. The van der Waals surface area contributed by atoms with Gasteiger partial charge in [0.25, 0.3) is 0 Å². The second-order valence-corrected chi connectivity index (χ2v) is 7.98. The van der Waals surface area contributed by atoms with Crippen LogP contribution >= 0.6 is 22.9 Å². The van der Waals surface area contributed by atoms with E-state index in [1.54, 1.807) is 6.92 Å². The number of rotatable bonds is 7. The molecular formula is C20H20ClNO5S. The molecule has 0 aliphatic carbocycles. The lowest BCUT2D eigenvalue weighted by atomic mass is 10.1. The number of esters is 1. The summed E-state index contributed by atoms with van der Waals surface area (Å²) in [5, 5.41) is 3.27. The molecule has 3 rings (SSSR count). The predicted molar refractivity (Wildman–Crippen MR) is 107 cm³/mol. The quantitative estimate of drug-likeness (QED) is 0.545. The molecule has 0 spiro atoms. The maximum Gasteiger partial charge on any atom is 0.306 e. The molecule has 6 nitrogen and oxygen atoms in total. The molecule has 2 heterocycles. The first kappa shape index (κ1) is 20.4. The van der Waals surface area contributed by atoms with Crippen LogP contribution in [0.5, 0.6) is 5.75 Å². The summed E-state index contributed by atoms with van der Waals surface area (Å²) in [5.74, 6) is 0.0185. The van der Waals surface area contributed by atoms with Gasteiger partial charge in [0.15, 0.2) is 5.78 Å². The highest BCUT2D eigenvalue weighted by molar-refractivity contribution is 7.17. The summed E-state index contributed by atoms with van der Waals surface area (Å²) in [4.78, 5) is 36.1. The van der Waals surface area contributed by atoms with E-state index in [2.05, 4.69) is 10.1 Å². The van der Waals surface area contributed by atoms with Crippen molar-refractivity contribution in [2.75, 3.05) is 13.7 Å². The van der Waals surface area contributed by atoms with Gasteiger partial charge < -0.3 is 14.8 Å². The Bertz CT molecular complexity index is 923. The molecule has 0 fully saturated rings. The number of thiophene rings is 1. The number of fused-ring (bicyclic) bond motifs is 1. The minimum absolute atomic E-state index is 0.0369. The van der Waals surface area contributed by atoms with Crippen molar-refractivity contribution < 1.29 is 23.9 Å². The van der Waals surface area contributed by atoms with E-state index in [1.807, 2.05) is 24.3 Å². The molecular weight excluding hydrogens is 402 g/mol. The first-order valence-electron chi connectivity index (χ1n) is 8.81. The Morgan fingerprint density at radius 3 is 2.75 bits per heavy atom. The largest absolute Gasteiger partial charge is 0.486 e. The third kappa shape index (κ3) is 4.72. The van der Waals surface area contributed by atoms with Crippen LogP contribution in [0.4, 0.5) is 0 Å².